The Morgan fingerprint density at radius 1 is 1.29 bits per heavy atom. The summed E-state index contributed by atoms with van der Waals surface area (Å²) in [7, 11) is 0. The van der Waals surface area contributed by atoms with Crippen molar-refractivity contribution in [2.24, 2.45) is 0 Å². The zero-order valence-corrected chi connectivity index (χ0v) is 7.52. The number of aliphatic hydroxyl groups is 1. The second-order valence-electron chi connectivity index (χ2n) is 2.62. The highest BCUT2D eigenvalue weighted by atomic mass is 35.5. The first-order chi connectivity index (χ1) is 6.36. The zero-order chi connectivity index (χ0) is 10.9. The fourth-order valence-electron chi connectivity index (χ4n) is 0.940. The molecule has 0 aliphatic carbocycles. The van der Waals surface area contributed by atoms with E-state index in [0.717, 1.165) is 0 Å². The van der Waals surface area contributed by atoms with Gasteiger partial charge in [0.2, 0.25) is 0 Å². The Kier molecular flexibility index (Phi) is 2.92. The molecular weight excluding hydrogens is 221 g/mol. The van der Waals surface area contributed by atoms with Crippen LogP contribution in [0.4, 0.5) is 13.2 Å². The number of benzene rings is 1. The molecule has 0 unspecified atom stereocenters. The third-order valence-electron chi connectivity index (χ3n) is 1.64. The third kappa shape index (κ3) is 2.10. The smallest absolute Gasteiger partial charge is 0.416 e. The van der Waals surface area contributed by atoms with Gasteiger partial charge in [0.05, 0.1) is 17.2 Å². The van der Waals surface area contributed by atoms with Gasteiger partial charge in [-0.1, -0.05) is 11.6 Å². The van der Waals surface area contributed by atoms with E-state index in [1.807, 2.05) is 0 Å². The molecule has 0 saturated heterocycles. The number of halogens is 4. The van der Waals surface area contributed by atoms with E-state index in [4.69, 9.17) is 21.8 Å². The second kappa shape index (κ2) is 3.67. The SMILES string of the molecule is OCc1cc(C(F)(F)F)cc(Cl)c1O. The van der Waals surface area contributed by atoms with Crippen molar-refractivity contribution in [1.29, 1.82) is 0 Å². The Labute approximate surface area is 82.5 Å². The molecule has 0 radical (unpaired) electrons. The third-order valence-corrected chi connectivity index (χ3v) is 1.93. The highest BCUT2D eigenvalue weighted by molar-refractivity contribution is 6.32. The molecule has 2 N–H and O–H groups in total. The summed E-state index contributed by atoms with van der Waals surface area (Å²) in [5.74, 6) is -0.526. The number of aliphatic hydroxyl groups excluding tert-OH is 1. The average molecular weight is 227 g/mol. The van der Waals surface area contributed by atoms with Crippen LogP contribution in [-0.4, -0.2) is 10.2 Å². The quantitative estimate of drug-likeness (QED) is 0.773. The molecule has 1 aromatic rings. The van der Waals surface area contributed by atoms with Gasteiger partial charge in [-0.25, -0.2) is 0 Å². The van der Waals surface area contributed by atoms with Crippen LogP contribution in [0.5, 0.6) is 5.75 Å². The van der Waals surface area contributed by atoms with Crippen molar-refractivity contribution < 1.29 is 23.4 Å². The van der Waals surface area contributed by atoms with Gasteiger partial charge in [0.15, 0.2) is 0 Å². The lowest BCUT2D eigenvalue weighted by molar-refractivity contribution is -0.137. The molecule has 1 rings (SSSR count). The maximum absolute atomic E-state index is 12.2. The molecule has 78 valence electrons. The summed E-state index contributed by atoms with van der Waals surface area (Å²) in [5.41, 5.74) is -1.24. The van der Waals surface area contributed by atoms with Gasteiger partial charge in [0.25, 0.3) is 0 Å². The summed E-state index contributed by atoms with van der Waals surface area (Å²) >= 11 is 5.34. The van der Waals surface area contributed by atoms with Crippen molar-refractivity contribution in [1.82, 2.24) is 0 Å². The standard InChI is InChI=1S/C8H6ClF3O2/c9-6-2-5(8(10,11)12)1-4(3-13)7(6)14/h1-2,13-14H,3H2. The van der Waals surface area contributed by atoms with E-state index in [2.05, 4.69) is 0 Å². The zero-order valence-electron chi connectivity index (χ0n) is 6.77. The number of hydrogen-bond donors (Lipinski definition) is 2. The van der Waals surface area contributed by atoms with Crippen LogP contribution in [0.2, 0.25) is 5.02 Å². The molecule has 2 nitrogen and oxygen atoms in total. The molecule has 0 amide bonds. The molecule has 0 spiro atoms. The van der Waals surface area contributed by atoms with Crippen LogP contribution in [0, 0.1) is 0 Å². The van der Waals surface area contributed by atoms with E-state index in [0.29, 0.717) is 12.1 Å². The monoisotopic (exact) mass is 226 g/mol. The minimum absolute atomic E-state index is 0.246. The first-order valence-corrected chi connectivity index (χ1v) is 3.93. The molecule has 0 atom stereocenters. The summed E-state index contributed by atoms with van der Waals surface area (Å²) in [4.78, 5) is 0. The predicted molar refractivity (Wildman–Crippen MR) is 44.0 cm³/mol. The predicted octanol–water partition coefficient (Wildman–Crippen LogP) is 2.56. The largest absolute Gasteiger partial charge is 0.506 e. The van der Waals surface area contributed by atoms with E-state index >= 15 is 0 Å². The van der Waals surface area contributed by atoms with Gasteiger partial charge in [-0.15, -0.1) is 0 Å². The van der Waals surface area contributed by atoms with Gasteiger partial charge in [-0.3, -0.25) is 0 Å². The van der Waals surface area contributed by atoms with Crippen LogP contribution >= 0.6 is 11.6 Å². The lowest BCUT2D eigenvalue weighted by Gasteiger charge is -2.10. The minimum atomic E-state index is -4.54. The Hall–Kier alpha value is -0.940. The summed E-state index contributed by atoms with van der Waals surface area (Å²) in [6, 6.07) is 1.26. The van der Waals surface area contributed by atoms with Crippen molar-refractivity contribution in [3.05, 3.63) is 28.3 Å². The normalized spacial score (nSPS) is 11.8. The lowest BCUT2D eigenvalue weighted by atomic mass is 10.1. The Morgan fingerprint density at radius 2 is 1.86 bits per heavy atom. The van der Waals surface area contributed by atoms with Crippen LogP contribution in [0.3, 0.4) is 0 Å². The van der Waals surface area contributed by atoms with Gasteiger partial charge < -0.3 is 10.2 Å². The highest BCUT2D eigenvalue weighted by Gasteiger charge is 2.31. The van der Waals surface area contributed by atoms with Gasteiger partial charge in [-0.05, 0) is 12.1 Å². The number of rotatable bonds is 1. The first-order valence-electron chi connectivity index (χ1n) is 3.55. The first kappa shape index (κ1) is 11.1. The number of alkyl halides is 3. The van der Waals surface area contributed by atoms with Crippen molar-refractivity contribution in [2.75, 3.05) is 0 Å². The molecule has 0 aromatic heterocycles. The van der Waals surface area contributed by atoms with E-state index < -0.39 is 29.1 Å². The molecule has 0 bridgehead atoms. The van der Waals surface area contributed by atoms with Crippen molar-refractivity contribution >= 4 is 11.6 Å². The molecule has 0 aliphatic heterocycles. The Balaban J connectivity index is 3.30. The molecule has 0 aliphatic rings. The molecule has 6 heteroatoms. The lowest BCUT2D eigenvalue weighted by Crippen LogP contribution is -2.05. The topological polar surface area (TPSA) is 40.5 Å². The summed E-state index contributed by atoms with van der Waals surface area (Å²) < 4.78 is 36.6. The van der Waals surface area contributed by atoms with E-state index in [1.165, 1.54) is 0 Å². The summed E-state index contributed by atoms with van der Waals surface area (Å²) in [6.07, 6.45) is -4.54. The number of hydrogen-bond acceptors (Lipinski definition) is 2. The molecule has 1 aromatic carbocycles. The van der Waals surface area contributed by atoms with Crippen molar-refractivity contribution in [3.8, 4) is 5.75 Å². The molecular formula is C8H6ClF3O2. The average Bonchev–Trinajstić information content (AvgIpc) is 2.07. The maximum atomic E-state index is 12.2. The van der Waals surface area contributed by atoms with Crippen LogP contribution in [0.15, 0.2) is 12.1 Å². The second-order valence-corrected chi connectivity index (χ2v) is 3.03. The van der Waals surface area contributed by atoms with E-state index in [1.54, 1.807) is 0 Å². The number of aromatic hydroxyl groups is 1. The molecule has 0 saturated carbocycles. The van der Waals surface area contributed by atoms with Crippen molar-refractivity contribution in [2.45, 2.75) is 12.8 Å². The molecule has 14 heavy (non-hydrogen) atoms. The van der Waals surface area contributed by atoms with Crippen LogP contribution < -0.4 is 0 Å². The van der Waals surface area contributed by atoms with Gasteiger partial charge in [0.1, 0.15) is 5.75 Å². The summed E-state index contributed by atoms with van der Waals surface area (Å²) in [5, 5.41) is 17.3. The Bertz CT molecular complexity index is 349. The maximum Gasteiger partial charge on any atom is 0.416 e. The molecule has 0 fully saturated rings. The van der Waals surface area contributed by atoms with Gasteiger partial charge >= 0.3 is 6.18 Å². The van der Waals surface area contributed by atoms with E-state index in [-0.39, 0.29) is 5.56 Å². The Morgan fingerprint density at radius 3 is 2.29 bits per heavy atom. The van der Waals surface area contributed by atoms with Gasteiger partial charge in [0, 0.05) is 5.56 Å². The molecule has 0 heterocycles. The fraction of sp³-hybridized carbons (Fsp3) is 0.250. The van der Waals surface area contributed by atoms with Crippen LogP contribution in [-0.2, 0) is 12.8 Å². The van der Waals surface area contributed by atoms with Crippen molar-refractivity contribution in [3.63, 3.8) is 0 Å². The van der Waals surface area contributed by atoms with Gasteiger partial charge in [-0.2, -0.15) is 13.2 Å². The highest BCUT2D eigenvalue weighted by Crippen LogP contribution is 2.36. The fourth-order valence-corrected chi connectivity index (χ4v) is 1.18. The minimum Gasteiger partial charge on any atom is -0.506 e. The van der Waals surface area contributed by atoms with Crippen LogP contribution in [0.1, 0.15) is 11.1 Å². The van der Waals surface area contributed by atoms with E-state index in [9.17, 15) is 13.2 Å². The number of phenols is 1. The van der Waals surface area contributed by atoms with Crippen LogP contribution in [0.25, 0.3) is 0 Å². The summed E-state index contributed by atoms with van der Waals surface area (Å²) in [6.45, 7) is -0.699.